The van der Waals surface area contributed by atoms with Crippen LogP contribution in [-0.4, -0.2) is 25.7 Å². The van der Waals surface area contributed by atoms with Crippen molar-refractivity contribution in [2.24, 2.45) is 12.8 Å². The third kappa shape index (κ3) is 1.65. The lowest BCUT2D eigenvalue weighted by Gasteiger charge is -1.99. The quantitative estimate of drug-likeness (QED) is 0.759. The van der Waals surface area contributed by atoms with Gasteiger partial charge in [-0.15, -0.1) is 21.5 Å². The molecule has 3 rings (SSSR count). The number of aryl methyl sites for hydroxylation is 1. The van der Waals surface area contributed by atoms with Crippen LogP contribution in [0.5, 0.6) is 0 Å². The molecular formula is C11H13N5S. The largest absolute Gasteiger partial charge is 0.357 e. The maximum atomic E-state index is 5.59. The van der Waals surface area contributed by atoms with Crippen molar-refractivity contribution in [2.45, 2.75) is 6.42 Å². The molecule has 3 aromatic heterocycles. The summed E-state index contributed by atoms with van der Waals surface area (Å²) in [6.45, 7) is 0.588. The zero-order valence-electron chi connectivity index (χ0n) is 9.50. The second-order valence-electron chi connectivity index (χ2n) is 3.96. The number of nitrogens with two attached hydrogens (primary N) is 1. The van der Waals surface area contributed by atoms with E-state index in [9.17, 15) is 0 Å². The molecular weight excluding hydrogens is 234 g/mol. The first kappa shape index (κ1) is 10.5. The Labute approximate surface area is 103 Å². The highest BCUT2D eigenvalue weighted by Crippen LogP contribution is 2.26. The van der Waals surface area contributed by atoms with Gasteiger partial charge in [0.15, 0.2) is 0 Å². The monoisotopic (exact) mass is 247 g/mol. The van der Waals surface area contributed by atoms with E-state index in [4.69, 9.17) is 5.73 Å². The zero-order chi connectivity index (χ0) is 11.8. The molecule has 0 aliphatic heterocycles. The third-order valence-corrected chi connectivity index (χ3v) is 3.53. The van der Waals surface area contributed by atoms with Crippen molar-refractivity contribution in [2.75, 3.05) is 6.54 Å². The molecule has 0 aliphatic carbocycles. The highest BCUT2D eigenvalue weighted by atomic mass is 32.1. The highest BCUT2D eigenvalue weighted by Gasteiger charge is 2.13. The van der Waals surface area contributed by atoms with Gasteiger partial charge in [-0.05, 0) is 12.6 Å². The first-order valence-corrected chi connectivity index (χ1v) is 6.31. The minimum absolute atomic E-state index is 0.588. The highest BCUT2D eigenvalue weighted by molar-refractivity contribution is 7.15. The standard InChI is InChI=1S/C11H13N5S/c1-15-5-3-8(6-15)9-7-17-11-14-13-10(2-4-12)16(9)11/h3,5-7H,2,4,12H2,1H3. The Morgan fingerprint density at radius 2 is 2.29 bits per heavy atom. The average Bonchev–Trinajstić information content (AvgIpc) is 2.96. The topological polar surface area (TPSA) is 61.1 Å². The van der Waals surface area contributed by atoms with Gasteiger partial charge in [-0.25, -0.2) is 0 Å². The van der Waals surface area contributed by atoms with E-state index >= 15 is 0 Å². The van der Waals surface area contributed by atoms with Crippen LogP contribution >= 0.6 is 11.3 Å². The average molecular weight is 247 g/mol. The van der Waals surface area contributed by atoms with Gasteiger partial charge in [0.25, 0.3) is 0 Å². The Morgan fingerprint density at radius 1 is 1.41 bits per heavy atom. The molecule has 0 bridgehead atoms. The van der Waals surface area contributed by atoms with Crippen molar-refractivity contribution in [1.29, 1.82) is 0 Å². The molecule has 0 amide bonds. The van der Waals surface area contributed by atoms with Gasteiger partial charge >= 0.3 is 0 Å². The molecule has 0 aromatic carbocycles. The Balaban J connectivity index is 2.18. The lowest BCUT2D eigenvalue weighted by Crippen LogP contribution is -2.06. The molecule has 0 spiro atoms. The predicted octanol–water partition coefficient (Wildman–Crippen LogP) is 1.30. The minimum atomic E-state index is 0.588. The molecule has 2 N–H and O–H groups in total. The summed E-state index contributed by atoms with van der Waals surface area (Å²) in [6, 6.07) is 2.09. The summed E-state index contributed by atoms with van der Waals surface area (Å²) in [4.78, 5) is 0.923. The van der Waals surface area contributed by atoms with Gasteiger partial charge in [-0.2, -0.15) is 0 Å². The SMILES string of the molecule is Cn1ccc(-c2csc3nnc(CCN)n23)c1. The van der Waals surface area contributed by atoms with Crippen LogP contribution in [0.25, 0.3) is 16.2 Å². The molecule has 17 heavy (non-hydrogen) atoms. The Hall–Kier alpha value is -1.66. The van der Waals surface area contributed by atoms with Gasteiger partial charge in [0.1, 0.15) is 5.82 Å². The lowest BCUT2D eigenvalue weighted by molar-refractivity contribution is 0.851. The summed E-state index contributed by atoms with van der Waals surface area (Å²) >= 11 is 1.60. The van der Waals surface area contributed by atoms with E-state index < -0.39 is 0 Å². The van der Waals surface area contributed by atoms with E-state index in [1.165, 1.54) is 5.56 Å². The van der Waals surface area contributed by atoms with E-state index in [1.807, 2.05) is 17.8 Å². The van der Waals surface area contributed by atoms with Crippen molar-refractivity contribution in [3.05, 3.63) is 29.7 Å². The maximum absolute atomic E-state index is 5.59. The van der Waals surface area contributed by atoms with Crippen LogP contribution in [0, 0.1) is 0 Å². The first-order chi connectivity index (χ1) is 8.29. The van der Waals surface area contributed by atoms with Gasteiger partial charge in [0.2, 0.25) is 4.96 Å². The van der Waals surface area contributed by atoms with Gasteiger partial charge in [-0.1, -0.05) is 0 Å². The lowest BCUT2D eigenvalue weighted by atomic mass is 10.2. The Bertz CT molecular complexity index is 648. The van der Waals surface area contributed by atoms with Crippen LogP contribution in [-0.2, 0) is 13.5 Å². The second-order valence-corrected chi connectivity index (χ2v) is 4.80. The molecule has 3 aromatic rings. The van der Waals surface area contributed by atoms with Crippen molar-refractivity contribution >= 4 is 16.3 Å². The molecule has 3 heterocycles. The van der Waals surface area contributed by atoms with Gasteiger partial charge in [0, 0.05) is 36.8 Å². The van der Waals surface area contributed by atoms with Crippen LogP contribution in [0.1, 0.15) is 5.82 Å². The fourth-order valence-corrected chi connectivity index (χ4v) is 2.78. The van der Waals surface area contributed by atoms with Crippen LogP contribution < -0.4 is 5.73 Å². The molecule has 0 atom stereocenters. The molecule has 5 nitrogen and oxygen atoms in total. The zero-order valence-corrected chi connectivity index (χ0v) is 10.3. The Kier molecular flexibility index (Phi) is 2.45. The number of nitrogens with zero attached hydrogens (tertiary/aromatic N) is 4. The summed E-state index contributed by atoms with van der Waals surface area (Å²) < 4.78 is 4.12. The summed E-state index contributed by atoms with van der Waals surface area (Å²) in [5, 5.41) is 10.4. The molecule has 0 saturated carbocycles. The first-order valence-electron chi connectivity index (χ1n) is 5.43. The smallest absolute Gasteiger partial charge is 0.216 e. The van der Waals surface area contributed by atoms with E-state index in [0.717, 1.165) is 22.9 Å². The number of hydrogen-bond acceptors (Lipinski definition) is 4. The van der Waals surface area contributed by atoms with Crippen LogP contribution in [0.4, 0.5) is 0 Å². The van der Waals surface area contributed by atoms with Crippen LogP contribution in [0.15, 0.2) is 23.8 Å². The number of hydrogen-bond donors (Lipinski definition) is 1. The fraction of sp³-hybridized carbons (Fsp3) is 0.273. The van der Waals surface area contributed by atoms with Crippen molar-refractivity contribution < 1.29 is 0 Å². The van der Waals surface area contributed by atoms with Crippen molar-refractivity contribution in [3.63, 3.8) is 0 Å². The fourth-order valence-electron chi connectivity index (χ4n) is 1.92. The third-order valence-electron chi connectivity index (χ3n) is 2.71. The number of fused-ring (bicyclic) bond motifs is 1. The van der Waals surface area contributed by atoms with Gasteiger partial charge in [0.05, 0.1) is 5.69 Å². The molecule has 0 aliphatic rings. The number of aromatic nitrogens is 4. The summed E-state index contributed by atoms with van der Waals surface area (Å²) in [5.74, 6) is 0.933. The van der Waals surface area contributed by atoms with Crippen LogP contribution in [0.2, 0.25) is 0 Å². The Morgan fingerprint density at radius 3 is 3.00 bits per heavy atom. The summed E-state index contributed by atoms with van der Waals surface area (Å²) in [6.07, 6.45) is 4.87. The summed E-state index contributed by atoms with van der Waals surface area (Å²) in [7, 11) is 2.01. The van der Waals surface area contributed by atoms with E-state index in [1.54, 1.807) is 11.3 Å². The van der Waals surface area contributed by atoms with Gasteiger partial charge in [-0.3, -0.25) is 4.40 Å². The molecule has 0 unspecified atom stereocenters. The predicted molar refractivity (Wildman–Crippen MR) is 68.0 cm³/mol. The van der Waals surface area contributed by atoms with Gasteiger partial charge < -0.3 is 10.3 Å². The molecule has 0 fully saturated rings. The van der Waals surface area contributed by atoms with Crippen LogP contribution in [0.3, 0.4) is 0 Å². The van der Waals surface area contributed by atoms with E-state index in [2.05, 4.69) is 32.2 Å². The molecule has 0 radical (unpaired) electrons. The number of rotatable bonds is 3. The second kappa shape index (κ2) is 3.97. The normalized spacial score (nSPS) is 11.4. The van der Waals surface area contributed by atoms with Crippen molar-refractivity contribution in [3.8, 4) is 11.3 Å². The molecule has 88 valence electrons. The molecule has 6 heteroatoms. The maximum Gasteiger partial charge on any atom is 0.216 e. The van der Waals surface area contributed by atoms with E-state index in [-0.39, 0.29) is 0 Å². The minimum Gasteiger partial charge on any atom is -0.357 e. The van der Waals surface area contributed by atoms with Crippen molar-refractivity contribution in [1.82, 2.24) is 19.2 Å². The van der Waals surface area contributed by atoms with E-state index in [0.29, 0.717) is 6.54 Å². The summed E-state index contributed by atoms with van der Waals surface area (Å²) in [5.41, 5.74) is 7.91. The number of thiazole rings is 1. The molecule has 0 saturated heterocycles.